The highest BCUT2D eigenvalue weighted by Crippen LogP contribution is 2.10. The van der Waals surface area contributed by atoms with Crippen LogP contribution in [0.3, 0.4) is 0 Å². The Bertz CT molecular complexity index is 504. The molecule has 0 radical (unpaired) electrons. The molecule has 2 rings (SSSR count). The summed E-state index contributed by atoms with van der Waals surface area (Å²) >= 11 is 0. The molecular formula is C13H11FN2. The van der Waals surface area contributed by atoms with Crippen LogP contribution in [0.5, 0.6) is 0 Å². The first-order chi connectivity index (χ1) is 7.74. The molecule has 2 N–H and O–H groups in total. The monoisotopic (exact) mass is 214 g/mol. The van der Waals surface area contributed by atoms with Gasteiger partial charge in [-0.05, 0) is 29.3 Å². The molecule has 2 nitrogen and oxygen atoms in total. The molecule has 0 spiro atoms. The number of rotatable bonds is 2. The van der Waals surface area contributed by atoms with Gasteiger partial charge in [0.1, 0.15) is 0 Å². The lowest BCUT2D eigenvalue weighted by Gasteiger charge is -1.95. The molecule has 1 heterocycles. The van der Waals surface area contributed by atoms with Crippen molar-refractivity contribution in [2.75, 3.05) is 5.73 Å². The average Bonchev–Trinajstić information content (AvgIpc) is 2.28. The molecule has 0 saturated heterocycles. The Morgan fingerprint density at radius 2 is 1.69 bits per heavy atom. The van der Waals surface area contributed by atoms with Crippen molar-refractivity contribution >= 4 is 17.8 Å². The van der Waals surface area contributed by atoms with E-state index in [1.165, 1.54) is 12.3 Å². The molecule has 0 atom stereocenters. The molecule has 80 valence electrons. The van der Waals surface area contributed by atoms with Gasteiger partial charge in [-0.15, -0.1) is 0 Å². The van der Waals surface area contributed by atoms with Crippen molar-refractivity contribution in [3.05, 3.63) is 59.7 Å². The standard InChI is InChI=1S/C13H11FN2/c14-13-9-11(7-8-16-13)2-1-10-3-5-12(15)6-4-10/h1-9H,15H2. The Hall–Kier alpha value is -2.16. The van der Waals surface area contributed by atoms with Crippen LogP contribution >= 0.6 is 0 Å². The highest BCUT2D eigenvalue weighted by atomic mass is 19.1. The van der Waals surface area contributed by atoms with Crippen LogP contribution in [0.2, 0.25) is 0 Å². The third-order valence-corrected chi connectivity index (χ3v) is 2.16. The normalized spacial score (nSPS) is 10.8. The quantitative estimate of drug-likeness (QED) is 0.616. The molecule has 1 aromatic heterocycles. The van der Waals surface area contributed by atoms with Gasteiger partial charge in [0.15, 0.2) is 0 Å². The second-order valence-electron chi connectivity index (χ2n) is 3.41. The van der Waals surface area contributed by atoms with E-state index in [4.69, 9.17) is 5.73 Å². The maximum atomic E-state index is 12.8. The maximum absolute atomic E-state index is 12.8. The molecule has 0 bridgehead atoms. The number of hydrogen-bond donors (Lipinski definition) is 1. The van der Waals surface area contributed by atoms with E-state index in [0.717, 1.165) is 16.8 Å². The lowest BCUT2D eigenvalue weighted by Crippen LogP contribution is -1.83. The number of aromatic nitrogens is 1. The van der Waals surface area contributed by atoms with Crippen molar-refractivity contribution in [2.24, 2.45) is 0 Å². The minimum atomic E-state index is -0.473. The second kappa shape index (κ2) is 4.57. The Morgan fingerprint density at radius 1 is 1.00 bits per heavy atom. The fourth-order valence-electron chi connectivity index (χ4n) is 1.32. The van der Waals surface area contributed by atoms with E-state index >= 15 is 0 Å². The van der Waals surface area contributed by atoms with E-state index in [2.05, 4.69) is 4.98 Å². The van der Waals surface area contributed by atoms with Crippen LogP contribution in [0.25, 0.3) is 12.2 Å². The van der Waals surface area contributed by atoms with Gasteiger partial charge in [-0.2, -0.15) is 4.39 Å². The van der Waals surface area contributed by atoms with Crippen molar-refractivity contribution in [3.63, 3.8) is 0 Å². The summed E-state index contributed by atoms with van der Waals surface area (Å²) in [4.78, 5) is 3.49. The van der Waals surface area contributed by atoms with E-state index in [-0.39, 0.29) is 0 Å². The number of halogens is 1. The molecule has 0 aliphatic carbocycles. The summed E-state index contributed by atoms with van der Waals surface area (Å²) in [5.41, 5.74) is 8.10. The SMILES string of the molecule is Nc1ccc(C=Cc2ccnc(F)c2)cc1. The van der Waals surface area contributed by atoms with Gasteiger partial charge in [-0.3, -0.25) is 0 Å². The van der Waals surface area contributed by atoms with Gasteiger partial charge in [0.05, 0.1) is 0 Å². The summed E-state index contributed by atoms with van der Waals surface area (Å²) < 4.78 is 12.8. The minimum Gasteiger partial charge on any atom is -0.399 e. The molecule has 0 aliphatic rings. The van der Waals surface area contributed by atoms with Crippen molar-refractivity contribution < 1.29 is 4.39 Å². The van der Waals surface area contributed by atoms with Gasteiger partial charge in [-0.1, -0.05) is 24.3 Å². The smallest absolute Gasteiger partial charge is 0.213 e. The van der Waals surface area contributed by atoms with Crippen molar-refractivity contribution in [3.8, 4) is 0 Å². The summed E-state index contributed by atoms with van der Waals surface area (Å²) in [6, 6.07) is 10.6. The van der Waals surface area contributed by atoms with E-state index in [0.29, 0.717) is 0 Å². The van der Waals surface area contributed by atoms with Crippen molar-refractivity contribution in [2.45, 2.75) is 0 Å². The lowest BCUT2D eigenvalue weighted by molar-refractivity contribution is 0.583. The molecule has 0 saturated carbocycles. The first-order valence-electron chi connectivity index (χ1n) is 4.89. The van der Waals surface area contributed by atoms with Crippen LogP contribution in [-0.4, -0.2) is 4.98 Å². The fraction of sp³-hybridized carbons (Fsp3) is 0. The van der Waals surface area contributed by atoms with E-state index in [1.807, 2.05) is 36.4 Å². The number of nitrogens with zero attached hydrogens (tertiary/aromatic N) is 1. The van der Waals surface area contributed by atoms with E-state index < -0.39 is 5.95 Å². The second-order valence-corrected chi connectivity index (χ2v) is 3.41. The highest BCUT2D eigenvalue weighted by Gasteiger charge is 1.92. The topological polar surface area (TPSA) is 38.9 Å². The predicted octanol–water partition coefficient (Wildman–Crippen LogP) is 2.97. The fourth-order valence-corrected chi connectivity index (χ4v) is 1.32. The number of benzene rings is 1. The molecule has 0 amide bonds. The largest absolute Gasteiger partial charge is 0.399 e. The summed E-state index contributed by atoms with van der Waals surface area (Å²) in [5, 5.41) is 0. The van der Waals surface area contributed by atoms with Crippen molar-refractivity contribution in [1.82, 2.24) is 4.98 Å². The molecule has 3 heteroatoms. The summed E-state index contributed by atoms with van der Waals surface area (Å²) in [5.74, 6) is -0.473. The van der Waals surface area contributed by atoms with Crippen molar-refractivity contribution in [1.29, 1.82) is 0 Å². The van der Waals surface area contributed by atoms with Crippen LogP contribution in [0.4, 0.5) is 10.1 Å². The lowest BCUT2D eigenvalue weighted by atomic mass is 10.1. The zero-order chi connectivity index (χ0) is 11.4. The zero-order valence-electron chi connectivity index (χ0n) is 8.60. The maximum Gasteiger partial charge on any atom is 0.213 e. The first kappa shape index (κ1) is 10.4. The zero-order valence-corrected chi connectivity index (χ0v) is 8.60. The Morgan fingerprint density at radius 3 is 2.38 bits per heavy atom. The number of anilines is 1. The summed E-state index contributed by atoms with van der Waals surface area (Å²) in [6.07, 6.45) is 5.17. The number of hydrogen-bond acceptors (Lipinski definition) is 2. The third kappa shape index (κ3) is 2.67. The Labute approximate surface area is 93.3 Å². The van der Waals surface area contributed by atoms with Gasteiger partial charge < -0.3 is 5.73 Å². The van der Waals surface area contributed by atoms with Crippen LogP contribution < -0.4 is 5.73 Å². The van der Waals surface area contributed by atoms with E-state index in [9.17, 15) is 4.39 Å². The third-order valence-electron chi connectivity index (χ3n) is 2.16. The number of pyridine rings is 1. The molecular weight excluding hydrogens is 203 g/mol. The van der Waals surface area contributed by atoms with Crippen LogP contribution in [0.15, 0.2) is 42.6 Å². The van der Waals surface area contributed by atoms with Gasteiger partial charge in [0.2, 0.25) is 5.95 Å². The van der Waals surface area contributed by atoms with Crippen LogP contribution in [-0.2, 0) is 0 Å². The molecule has 0 fully saturated rings. The first-order valence-corrected chi connectivity index (χ1v) is 4.89. The Kier molecular flexibility index (Phi) is 2.96. The Balaban J connectivity index is 2.18. The van der Waals surface area contributed by atoms with E-state index in [1.54, 1.807) is 6.07 Å². The predicted molar refractivity (Wildman–Crippen MR) is 64.0 cm³/mol. The molecule has 0 unspecified atom stereocenters. The summed E-state index contributed by atoms with van der Waals surface area (Å²) in [6.45, 7) is 0. The van der Waals surface area contributed by atoms with Crippen LogP contribution in [0.1, 0.15) is 11.1 Å². The van der Waals surface area contributed by atoms with Crippen LogP contribution in [0, 0.1) is 5.95 Å². The van der Waals surface area contributed by atoms with Gasteiger partial charge in [0, 0.05) is 18.0 Å². The molecule has 2 aromatic rings. The number of nitrogens with two attached hydrogens (primary N) is 1. The summed E-state index contributed by atoms with van der Waals surface area (Å²) in [7, 11) is 0. The van der Waals surface area contributed by atoms with Gasteiger partial charge in [-0.25, -0.2) is 4.98 Å². The molecule has 1 aromatic carbocycles. The molecule has 0 aliphatic heterocycles. The van der Waals surface area contributed by atoms with Gasteiger partial charge in [0.25, 0.3) is 0 Å². The number of nitrogen functional groups attached to an aromatic ring is 1. The van der Waals surface area contributed by atoms with Gasteiger partial charge >= 0.3 is 0 Å². The molecule has 16 heavy (non-hydrogen) atoms. The highest BCUT2D eigenvalue weighted by molar-refractivity contribution is 5.69. The average molecular weight is 214 g/mol. The minimum absolute atomic E-state index is 0.473.